The molecular weight excluding hydrogens is 252 g/mol. The van der Waals surface area contributed by atoms with Crippen LogP contribution in [0.1, 0.15) is 19.4 Å². The largest absolute Gasteiger partial charge is 0.383 e. The fraction of sp³-hybridized carbons (Fsp3) is 0.625. The first kappa shape index (κ1) is 17.0. The molecule has 0 saturated carbocycles. The molecule has 20 heavy (non-hydrogen) atoms. The van der Waals surface area contributed by atoms with E-state index >= 15 is 0 Å². The molecule has 0 heterocycles. The maximum absolute atomic E-state index is 5.27. The summed E-state index contributed by atoms with van der Waals surface area (Å²) in [5.74, 6) is 0. The first-order valence-electron chi connectivity index (χ1n) is 7.27. The highest BCUT2D eigenvalue weighted by molar-refractivity contribution is 5.48. The van der Waals surface area contributed by atoms with Crippen molar-refractivity contribution in [2.75, 3.05) is 45.4 Å². The topological polar surface area (TPSA) is 33.7 Å². The number of nitrogens with one attached hydrogen (secondary N) is 1. The van der Waals surface area contributed by atoms with Crippen molar-refractivity contribution < 1.29 is 9.47 Å². The van der Waals surface area contributed by atoms with Crippen molar-refractivity contribution in [1.82, 2.24) is 5.32 Å². The van der Waals surface area contributed by atoms with Gasteiger partial charge in [0.25, 0.3) is 0 Å². The standard InChI is InChI=1S/C16H28N2O2/c1-5-17-12-15-6-8-16(9-7-15)18(10-11-19-3)14(2)13-20-4/h6-9,14,17H,5,10-13H2,1-4H3. The van der Waals surface area contributed by atoms with E-state index in [-0.39, 0.29) is 0 Å². The van der Waals surface area contributed by atoms with E-state index in [1.165, 1.54) is 11.3 Å². The zero-order valence-electron chi connectivity index (χ0n) is 13.2. The lowest BCUT2D eigenvalue weighted by Crippen LogP contribution is -2.38. The molecule has 0 saturated heterocycles. The summed E-state index contributed by atoms with van der Waals surface area (Å²) in [5.41, 5.74) is 2.52. The molecule has 0 spiro atoms. The molecule has 0 fully saturated rings. The van der Waals surface area contributed by atoms with Crippen LogP contribution < -0.4 is 10.2 Å². The lowest BCUT2D eigenvalue weighted by molar-refractivity contribution is 0.171. The predicted molar refractivity (Wildman–Crippen MR) is 84.4 cm³/mol. The first-order valence-corrected chi connectivity index (χ1v) is 7.27. The molecule has 0 aliphatic carbocycles. The summed E-state index contributed by atoms with van der Waals surface area (Å²) in [4.78, 5) is 2.32. The van der Waals surface area contributed by atoms with Crippen molar-refractivity contribution in [1.29, 1.82) is 0 Å². The number of rotatable bonds is 10. The molecule has 1 aromatic carbocycles. The maximum Gasteiger partial charge on any atom is 0.0663 e. The molecule has 1 aromatic rings. The Morgan fingerprint density at radius 1 is 1.15 bits per heavy atom. The Hall–Kier alpha value is -1.10. The number of ether oxygens (including phenoxy) is 2. The average Bonchev–Trinajstić information content (AvgIpc) is 2.47. The van der Waals surface area contributed by atoms with E-state index in [2.05, 4.69) is 48.3 Å². The van der Waals surface area contributed by atoms with Gasteiger partial charge in [-0.05, 0) is 31.2 Å². The molecule has 1 atom stereocenters. The SMILES string of the molecule is CCNCc1ccc(N(CCOC)C(C)COC)cc1. The second-order valence-corrected chi connectivity index (χ2v) is 4.94. The molecule has 4 nitrogen and oxygen atoms in total. The molecule has 0 aliphatic rings. The van der Waals surface area contributed by atoms with Gasteiger partial charge in [0.1, 0.15) is 0 Å². The number of anilines is 1. The molecule has 1 N–H and O–H groups in total. The number of hydrogen-bond donors (Lipinski definition) is 1. The summed E-state index contributed by atoms with van der Waals surface area (Å²) >= 11 is 0. The highest BCUT2D eigenvalue weighted by atomic mass is 16.5. The van der Waals surface area contributed by atoms with Crippen LogP contribution in [0.25, 0.3) is 0 Å². The quantitative estimate of drug-likeness (QED) is 0.713. The van der Waals surface area contributed by atoms with Gasteiger partial charge in [-0.15, -0.1) is 0 Å². The van der Waals surface area contributed by atoms with Gasteiger partial charge in [0.2, 0.25) is 0 Å². The molecular formula is C16H28N2O2. The molecule has 114 valence electrons. The Balaban J connectivity index is 2.73. The van der Waals surface area contributed by atoms with E-state index in [9.17, 15) is 0 Å². The summed E-state index contributed by atoms with van der Waals surface area (Å²) in [6.07, 6.45) is 0. The minimum atomic E-state index is 0.328. The summed E-state index contributed by atoms with van der Waals surface area (Å²) in [6.45, 7) is 8.50. The van der Waals surface area contributed by atoms with Crippen LogP contribution in [0.15, 0.2) is 24.3 Å². The van der Waals surface area contributed by atoms with Crippen LogP contribution in [0, 0.1) is 0 Å². The van der Waals surface area contributed by atoms with Gasteiger partial charge < -0.3 is 19.7 Å². The van der Waals surface area contributed by atoms with Crippen molar-refractivity contribution in [3.8, 4) is 0 Å². The lowest BCUT2D eigenvalue weighted by atomic mass is 10.1. The van der Waals surface area contributed by atoms with Crippen molar-refractivity contribution in [3.05, 3.63) is 29.8 Å². The van der Waals surface area contributed by atoms with Crippen LogP contribution >= 0.6 is 0 Å². The fourth-order valence-electron chi connectivity index (χ4n) is 2.20. The van der Waals surface area contributed by atoms with Crippen molar-refractivity contribution in [3.63, 3.8) is 0 Å². The second kappa shape index (κ2) is 9.75. The Morgan fingerprint density at radius 2 is 1.85 bits per heavy atom. The normalized spacial score (nSPS) is 12.4. The Labute approximate surface area is 123 Å². The maximum atomic E-state index is 5.27. The van der Waals surface area contributed by atoms with Crippen LogP contribution in [0.2, 0.25) is 0 Å². The van der Waals surface area contributed by atoms with Crippen LogP contribution in [0.3, 0.4) is 0 Å². The van der Waals surface area contributed by atoms with E-state index in [4.69, 9.17) is 9.47 Å². The summed E-state index contributed by atoms with van der Waals surface area (Å²) in [6, 6.07) is 9.03. The number of nitrogens with zero attached hydrogens (tertiary/aromatic N) is 1. The van der Waals surface area contributed by atoms with Gasteiger partial charge >= 0.3 is 0 Å². The monoisotopic (exact) mass is 280 g/mol. The zero-order chi connectivity index (χ0) is 14.8. The van der Waals surface area contributed by atoms with Crippen molar-refractivity contribution in [2.45, 2.75) is 26.4 Å². The van der Waals surface area contributed by atoms with Gasteiger partial charge in [-0.25, -0.2) is 0 Å². The number of methoxy groups -OCH3 is 2. The minimum absolute atomic E-state index is 0.328. The van der Waals surface area contributed by atoms with E-state index < -0.39 is 0 Å². The highest BCUT2D eigenvalue weighted by Gasteiger charge is 2.14. The number of hydrogen-bond acceptors (Lipinski definition) is 4. The molecule has 1 rings (SSSR count). The minimum Gasteiger partial charge on any atom is -0.383 e. The molecule has 0 bridgehead atoms. The van der Waals surface area contributed by atoms with Gasteiger partial charge in [0.05, 0.1) is 13.2 Å². The third-order valence-electron chi connectivity index (χ3n) is 3.32. The average molecular weight is 280 g/mol. The smallest absolute Gasteiger partial charge is 0.0663 e. The van der Waals surface area contributed by atoms with E-state index in [1.54, 1.807) is 14.2 Å². The van der Waals surface area contributed by atoms with Crippen LogP contribution in [-0.4, -0.2) is 46.6 Å². The third kappa shape index (κ3) is 5.49. The highest BCUT2D eigenvalue weighted by Crippen LogP contribution is 2.18. The van der Waals surface area contributed by atoms with Gasteiger partial charge in [0.15, 0.2) is 0 Å². The van der Waals surface area contributed by atoms with Crippen LogP contribution in [0.4, 0.5) is 5.69 Å². The summed E-state index contributed by atoms with van der Waals surface area (Å²) in [5, 5.41) is 3.34. The molecule has 0 radical (unpaired) electrons. The van der Waals surface area contributed by atoms with Crippen molar-refractivity contribution >= 4 is 5.69 Å². The lowest BCUT2D eigenvalue weighted by Gasteiger charge is -2.31. The Bertz CT molecular complexity index is 354. The molecule has 1 unspecified atom stereocenters. The van der Waals surface area contributed by atoms with Crippen molar-refractivity contribution in [2.24, 2.45) is 0 Å². The molecule has 0 aromatic heterocycles. The number of benzene rings is 1. The fourth-order valence-corrected chi connectivity index (χ4v) is 2.20. The zero-order valence-corrected chi connectivity index (χ0v) is 13.2. The summed E-state index contributed by atoms with van der Waals surface area (Å²) in [7, 11) is 3.48. The van der Waals surface area contributed by atoms with Crippen LogP contribution in [-0.2, 0) is 16.0 Å². The summed E-state index contributed by atoms with van der Waals surface area (Å²) < 4.78 is 10.5. The third-order valence-corrected chi connectivity index (χ3v) is 3.32. The van der Waals surface area contributed by atoms with Crippen LogP contribution in [0.5, 0.6) is 0 Å². The second-order valence-electron chi connectivity index (χ2n) is 4.94. The van der Waals surface area contributed by atoms with Gasteiger partial charge in [-0.2, -0.15) is 0 Å². The van der Waals surface area contributed by atoms with E-state index in [0.717, 1.165) is 19.6 Å². The van der Waals surface area contributed by atoms with Gasteiger partial charge in [-0.1, -0.05) is 19.1 Å². The first-order chi connectivity index (χ1) is 9.72. The van der Waals surface area contributed by atoms with Gasteiger partial charge in [-0.3, -0.25) is 0 Å². The molecule has 4 heteroatoms. The Morgan fingerprint density at radius 3 is 2.40 bits per heavy atom. The molecule has 0 aliphatic heterocycles. The van der Waals surface area contributed by atoms with E-state index in [0.29, 0.717) is 19.3 Å². The van der Waals surface area contributed by atoms with Gasteiger partial charge in [0, 0.05) is 39.0 Å². The molecule has 0 amide bonds. The van der Waals surface area contributed by atoms with E-state index in [1.807, 2.05) is 0 Å². The Kier molecular flexibility index (Phi) is 8.26. The predicted octanol–water partition coefficient (Wildman–Crippen LogP) is 2.28.